The van der Waals surface area contributed by atoms with Crippen molar-refractivity contribution in [1.82, 2.24) is 10.2 Å². The minimum atomic E-state index is 0. The third-order valence-electron chi connectivity index (χ3n) is 5.71. The molecule has 218 valence electrons. The summed E-state index contributed by atoms with van der Waals surface area (Å²) in [5.41, 5.74) is 2.46. The fourth-order valence-corrected chi connectivity index (χ4v) is 5.06. The second-order valence-electron chi connectivity index (χ2n) is 8.30. The van der Waals surface area contributed by atoms with Crippen LogP contribution in [-0.4, -0.2) is 80.9 Å². The summed E-state index contributed by atoms with van der Waals surface area (Å²) < 4.78 is 0. The first-order valence-corrected chi connectivity index (χ1v) is 21.6. The Bertz CT molecular complexity index is 829. The zero-order chi connectivity index (χ0) is 27.3. The second-order valence-corrected chi connectivity index (χ2v) is 10.7. The zero-order valence-electron chi connectivity index (χ0n) is 21.4. The molecule has 12 heteroatoms. The SMILES string of the molecule is ClCCCBr.ClCCCN1CCN(c2cccc(Cl)c2)CC1.Clc1cccc(N2CCNCC2)c1.I.II. The Morgan fingerprint density at radius 2 is 1.21 bits per heavy atom. The number of benzene rings is 2. The number of nitrogens with zero attached hydrogens (tertiary/aromatic N) is 3. The number of alkyl halides is 3. The first-order valence-electron chi connectivity index (χ1n) is 12.3. The molecule has 2 aromatic rings. The third-order valence-corrected chi connectivity index (χ3v) is 7.28. The molecule has 0 aromatic heterocycles. The van der Waals surface area contributed by atoms with Crippen molar-refractivity contribution in [2.75, 3.05) is 85.8 Å². The smallest absolute Gasteiger partial charge is 0.0426 e. The molecule has 0 saturated carbocycles. The number of piperazine rings is 2. The van der Waals surface area contributed by atoms with E-state index >= 15 is 0 Å². The zero-order valence-corrected chi connectivity index (χ0v) is 32.7. The standard InChI is InChI=1S/C13H18Cl2N2.C10H13ClN2.C3H6BrCl.I2.HI/c14-5-2-6-16-7-9-17(10-8-16)13-4-1-3-12(15)11-13;11-9-2-1-3-10(8-9)13-6-4-12-5-7-13;4-2-1-3-5;1-2;/h1,3-4,11H,2,5-10H2;1-3,8,12H,4-7H2;1-3H2;;1H. The van der Waals surface area contributed by atoms with Crippen LogP contribution < -0.4 is 15.1 Å². The molecule has 4 nitrogen and oxygen atoms in total. The summed E-state index contributed by atoms with van der Waals surface area (Å²) >= 11 is 30.4. The Morgan fingerprint density at radius 3 is 1.61 bits per heavy atom. The predicted octanol–water partition coefficient (Wildman–Crippen LogP) is 9.24. The summed E-state index contributed by atoms with van der Waals surface area (Å²) in [6.45, 7) is 9.75. The van der Waals surface area contributed by atoms with Gasteiger partial charge >= 0.3 is 0 Å². The van der Waals surface area contributed by atoms with E-state index in [1.807, 2.05) is 36.4 Å². The summed E-state index contributed by atoms with van der Waals surface area (Å²) in [5, 5.41) is 5.98. The molecule has 2 aromatic carbocycles. The summed E-state index contributed by atoms with van der Waals surface area (Å²) in [5.74, 6) is 1.53. The van der Waals surface area contributed by atoms with E-state index in [0.717, 1.165) is 98.9 Å². The lowest BCUT2D eigenvalue weighted by atomic mass is 10.2. The number of hydrogen-bond acceptors (Lipinski definition) is 4. The fourth-order valence-electron chi connectivity index (χ4n) is 3.83. The summed E-state index contributed by atoms with van der Waals surface area (Å²) in [6, 6.07) is 16.1. The Morgan fingerprint density at radius 1 is 0.737 bits per heavy atom. The van der Waals surface area contributed by atoms with Gasteiger partial charge < -0.3 is 15.1 Å². The van der Waals surface area contributed by atoms with E-state index in [4.69, 9.17) is 46.4 Å². The van der Waals surface area contributed by atoms with Crippen LogP contribution in [0.25, 0.3) is 0 Å². The molecular formula is C26H38BrCl4I3N4. The minimum Gasteiger partial charge on any atom is -0.369 e. The first kappa shape index (κ1) is 39.8. The van der Waals surface area contributed by atoms with E-state index in [1.54, 1.807) is 0 Å². The highest BCUT2D eigenvalue weighted by Crippen LogP contribution is 2.21. The fraction of sp³-hybridized carbons (Fsp3) is 0.538. The molecule has 2 aliphatic rings. The molecular weight excluding hydrogens is 971 g/mol. The second kappa shape index (κ2) is 26.4. The van der Waals surface area contributed by atoms with Crippen molar-refractivity contribution in [2.24, 2.45) is 0 Å². The molecule has 0 aliphatic carbocycles. The van der Waals surface area contributed by atoms with Crippen molar-refractivity contribution < 1.29 is 0 Å². The van der Waals surface area contributed by atoms with Crippen LogP contribution in [0.4, 0.5) is 11.4 Å². The largest absolute Gasteiger partial charge is 0.369 e. The Kier molecular flexibility index (Phi) is 27.7. The van der Waals surface area contributed by atoms with Crippen LogP contribution in [0.5, 0.6) is 0 Å². The quantitative estimate of drug-likeness (QED) is 0.221. The highest BCUT2D eigenvalue weighted by Gasteiger charge is 2.16. The number of anilines is 2. The van der Waals surface area contributed by atoms with Crippen molar-refractivity contribution in [3.63, 3.8) is 0 Å². The maximum absolute atomic E-state index is 6.01. The van der Waals surface area contributed by atoms with Gasteiger partial charge in [-0.05, 0) is 55.8 Å². The monoisotopic (exact) mass is 1010 g/mol. The molecule has 4 rings (SSSR count). The first-order chi connectivity index (χ1) is 18.1. The van der Waals surface area contributed by atoms with Crippen molar-refractivity contribution in [1.29, 1.82) is 0 Å². The molecule has 0 bridgehead atoms. The normalized spacial score (nSPS) is 15.0. The lowest BCUT2D eigenvalue weighted by molar-refractivity contribution is 0.259. The molecule has 2 saturated heterocycles. The van der Waals surface area contributed by atoms with Crippen LogP contribution >= 0.6 is 124 Å². The van der Waals surface area contributed by atoms with Crippen molar-refractivity contribution in [2.45, 2.75) is 12.8 Å². The van der Waals surface area contributed by atoms with Crippen LogP contribution in [0.15, 0.2) is 48.5 Å². The van der Waals surface area contributed by atoms with Gasteiger partial charge in [0, 0.05) is 128 Å². The Balaban J connectivity index is 0.000000579. The lowest BCUT2D eigenvalue weighted by Gasteiger charge is -2.36. The van der Waals surface area contributed by atoms with Crippen molar-refractivity contribution >= 4 is 135 Å². The summed E-state index contributed by atoms with van der Waals surface area (Å²) in [7, 11) is 0. The molecule has 0 radical (unpaired) electrons. The van der Waals surface area contributed by atoms with E-state index in [-0.39, 0.29) is 24.0 Å². The maximum atomic E-state index is 6.01. The van der Waals surface area contributed by atoms with E-state index < -0.39 is 0 Å². The predicted molar refractivity (Wildman–Crippen MR) is 205 cm³/mol. The topological polar surface area (TPSA) is 21.8 Å². The van der Waals surface area contributed by atoms with Gasteiger partial charge in [0.2, 0.25) is 0 Å². The van der Waals surface area contributed by atoms with Crippen molar-refractivity contribution in [3.05, 3.63) is 58.6 Å². The highest BCUT2D eigenvalue weighted by atomic mass is 128. The average molecular weight is 1010 g/mol. The Labute approximate surface area is 298 Å². The van der Waals surface area contributed by atoms with Crippen LogP contribution in [0.3, 0.4) is 0 Å². The number of nitrogens with one attached hydrogen (secondary N) is 1. The number of hydrogen-bond donors (Lipinski definition) is 1. The molecule has 38 heavy (non-hydrogen) atoms. The van der Waals surface area contributed by atoms with E-state index in [0.29, 0.717) is 0 Å². The minimum absolute atomic E-state index is 0. The number of rotatable bonds is 7. The molecule has 2 heterocycles. The van der Waals surface area contributed by atoms with Gasteiger partial charge in [0.05, 0.1) is 0 Å². The van der Waals surface area contributed by atoms with E-state index in [9.17, 15) is 0 Å². The third kappa shape index (κ3) is 17.7. The van der Waals surface area contributed by atoms with Gasteiger partial charge in [-0.2, -0.15) is 0 Å². The van der Waals surface area contributed by atoms with Gasteiger partial charge in [-0.25, -0.2) is 0 Å². The molecule has 1 N–H and O–H groups in total. The molecule has 0 spiro atoms. The van der Waals surface area contributed by atoms with Crippen LogP contribution in [0.1, 0.15) is 12.8 Å². The van der Waals surface area contributed by atoms with Gasteiger partial charge in [-0.1, -0.05) is 51.3 Å². The molecule has 0 atom stereocenters. The van der Waals surface area contributed by atoms with Gasteiger partial charge in [-0.3, -0.25) is 4.90 Å². The van der Waals surface area contributed by atoms with Crippen LogP contribution in [0.2, 0.25) is 10.0 Å². The molecule has 0 unspecified atom stereocenters. The van der Waals surface area contributed by atoms with Crippen LogP contribution in [0, 0.1) is 0 Å². The van der Waals surface area contributed by atoms with E-state index in [1.165, 1.54) is 11.4 Å². The van der Waals surface area contributed by atoms with Crippen LogP contribution in [-0.2, 0) is 0 Å². The van der Waals surface area contributed by atoms with Gasteiger partial charge in [0.1, 0.15) is 0 Å². The maximum Gasteiger partial charge on any atom is 0.0426 e. The molecule has 2 aliphatic heterocycles. The average Bonchev–Trinajstić information content (AvgIpc) is 2.95. The Hall–Kier alpha value is 1.79. The van der Waals surface area contributed by atoms with E-state index in [2.05, 4.69) is 85.3 Å². The molecule has 0 amide bonds. The van der Waals surface area contributed by atoms with Gasteiger partial charge in [0.15, 0.2) is 0 Å². The lowest BCUT2D eigenvalue weighted by Crippen LogP contribution is -2.46. The van der Waals surface area contributed by atoms with Crippen molar-refractivity contribution in [3.8, 4) is 0 Å². The van der Waals surface area contributed by atoms with Gasteiger partial charge in [-0.15, -0.1) is 47.2 Å². The molecule has 2 fully saturated rings. The van der Waals surface area contributed by atoms with Gasteiger partial charge in [0.25, 0.3) is 0 Å². The highest BCUT2D eigenvalue weighted by molar-refractivity contribution is 15.0. The summed E-state index contributed by atoms with van der Waals surface area (Å²) in [4.78, 5) is 7.22. The number of halogens is 8. The summed E-state index contributed by atoms with van der Waals surface area (Å²) in [6.07, 6.45) is 2.15.